The highest BCUT2D eigenvalue weighted by Gasteiger charge is 2.51. The van der Waals surface area contributed by atoms with Crippen molar-refractivity contribution in [2.45, 2.75) is 132 Å². The number of piperazine rings is 2. The van der Waals surface area contributed by atoms with Gasteiger partial charge in [-0.15, -0.1) is 0 Å². The number of aromatic nitrogens is 7. The summed E-state index contributed by atoms with van der Waals surface area (Å²) in [6.07, 6.45) is 15.1. The molecule has 8 aliphatic rings. The largest absolute Gasteiger partial charge is 0.508 e. The number of ether oxygens (including phenoxy) is 2. The van der Waals surface area contributed by atoms with Crippen LogP contribution in [0.5, 0.6) is 23.5 Å². The first-order chi connectivity index (χ1) is 39.1. The topological polar surface area (TPSA) is 186 Å². The number of phenolic OH excluding ortho intramolecular Hbond substituents is 2. The van der Waals surface area contributed by atoms with Crippen molar-refractivity contribution in [2.24, 2.45) is 0 Å². The third-order valence-electron chi connectivity index (χ3n) is 20.0. The Morgan fingerprint density at radius 2 is 1.20 bits per heavy atom. The van der Waals surface area contributed by atoms with Crippen LogP contribution >= 0.6 is 0 Å². The maximum Gasteiger partial charge on any atom is 0.320 e. The Bertz CT molecular complexity index is 3790. The fraction of sp³-hybridized carbons (Fsp3) is 0.476. The molecule has 4 aromatic carbocycles. The van der Waals surface area contributed by atoms with E-state index in [0.29, 0.717) is 66.5 Å². The van der Waals surface area contributed by atoms with Gasteiger partial charge in [-0.25, -0.2) is 15.0 Å². The standard InChI is InChI=1S/C63H69N13O4/c1-36-7-3-8-38-25-43(77)27-48(53(36)38)51-16-15-46-56(67-51)69-60(71-58(46)73-30-39-10-11-40(31-73)65-39)80-35-63-20-6-24-76(63)52(17-21-63)45-14-9-37(2)54-47(45)26-44(78)28-49(54)55-64-29-50-57(68-55)70-61(79-34-62-18-4-22-75(62)23-5-19-62)72-59(50)74-32-41-12-13-42(33-74)66-41/h3,7-9,14-16,25-29,39-42,52,65-66,77-78H,4-6,10-13,17-24,30-35H2,1-2H3. The van der Waals surface area contributed by atoms with Crippen LogP contribution in [0.3, 0.4) is 0 Å². The Morgan fingerprint density at radius 3 is 1.93 bits per heavy atom. The first kappa shape index (κ1) is 48.8. The molecule has 8 saturated heterocycles. The number of fused-ring (bicyclic) bond motifs is 10. The van der Waals surface area contributed by atoms with Crippen LogP contribution in [0, 0.1) is 13.8 Å². The van der Waals surface area contributed by atoms with Gasteiger partial charge < -0.3 is 40.1 Å². The molecule has 0 radical (unpaired) electrons. The predicted octanol–water partition coefficient (Wildman–Crippen LogP) is 9.06. The van der Waals surface area contributed by atoms with Gasteiger partial charge in [0.15, 0.2) is 17.1 Å². The number of rotatable bonds is 11. The Hall–Kier alpha value is -7.05. The lowest BCUT2D eigenvalue weighted by atomic mass is 9.91. The SMILES string of the molecule is Cc1cccc2cc(O)cc(-c3ccc4c(N5CC6CCC(C5)N6)nc(OCC56CCCN5C(c5ccc(C)c7c(-c8ncc9c(N%10CC%11CCC(C%10)N%11)nc(OCC%10%11CCCN%10CCC%11)nc9n8)cc(O)cc57)CC6)nc4n3)c12. The molecule has 0 aliphatic carbocycles. The summed E-state index contributed by atoms with van der Waals surface area (Å²) >= 11 is 0. The molecule has 6 atom stereocenters. The van der Waals surface area contributed by atoms with Gasteiger partial charge in [-0.3, -0.25) is 9.80 Å². The van der Waals surface area contributed by atoms with E-state index in [1.807, 2.05) is 48.7 Å². The maximum absolute atomic E-state index is 11.7. The predicted molar refractivity (Wildman–Crippen MR) is 310 cm³/mol. The number of phenols is 2. The van der Waals surface area contributed by atoms with E-state index in [-0.39, 0.29) is 28.6 Å². The zero-order chi connectivity index (χ0) is 53.4. The smallest absolute Gasteiger partial charge is 0.320 e. The summed E-state index contributed by atoms with van der Waals surface area (Å²) in [7, 11) is 0. The van der Waals surface area contributed by atoms with E-state index in [9.17, 15) is 10.2 Å². The lowest BCUT2D eigenvalue weighted by Crippen LogP contribution is -2.51. The van der Waals surface area contributed by atoms with Crippen molar-refractivity contribution < 1.29 is 19.7 Å². The van der Waals surface area contributed by atoms with Gasteiger partial charge in [0, 0.05) is 73.7 Å². The minimum atomic E-state index is -0.239. The average Bonchev–Trinajstić information content (AvgIpc) is 4.49. The second kappa shape index (κ2) is 18.8. The Kier molecular flexibility index (Phi) is 11.4. The minimum absolute atomic E-state index is 0.0512. The van der Waals surface area contributed by atoms with Gasteiger partial charge in [0.2, 0.25) is 0 Å². The van der Waals surface area contributed by atoms with Crippen LogP contribution in [0.15, 0.2) is 72.9 Å². The first-order valence-electron chi connectivity index (χ1n) is 29.6. The maximum atomic E-state index is 11.7. The molecular weight excluding hydrogens is 1000 g/mol. The van der Waals surface area contributed by atoms with Gasteiger partial charge in [0.1, 0.15) is 36.3 Å². The molecule has 16 rings (SSSR count). The van der Waals surface area contributed by atoms with Crippen LogP contribution in [-0.2, 0) is 0 Å². The van der Waals surface area contributed by atoms with Crippen molar-refractivity contribution in [1.82, 2.24) is 55.3 Å². The van der Waals surface area contributed by atoms with Crippen molar-refractivity contribution >= 4 is 55.2 Å². The highest BCUT2D eigenvalue weighted by molar-refractivity contribution is 6.02. The summed E-state index contributed by atoms with van der Waals surface area (Å²) < 4.78 is 13.6. The van der Waals surface area contributed by atoms with Gasteiger partial charge in [0.05, 0.1) is 27.5 Å². The lowest BCUT2D eigenvalue weighted by Gasteiger charge is -2.36. The molecular formula is C63H69N13O4. The lowest BCUT2D eigenvalue weighted by molar-refractivity contribution is 0.0849. The molecule has 0 saturated carbocycles. The van der Waals surface area contributed by atoms with Gasteiger partial charge in [-0.05, 0) is 185 Å². The van der Waals surface area contributed by atoms with E-state index in [4.69, 9.17) is 44.4 Å². The summed E-state index contributed by atoms with van der Waals surface area (Å²) in [5, 5.41) is 36.0. The Labute approximate surface area is 465 Å². The fourth-order valence-electron chi connectivity index (χ4n) is 16.3. The number of hydrogen-bond acceptors (Lipinski definition) is 17. The number of aromatic hydroxyl groups is 2. The monoisotopic (exact) mass is 1070 g/mol. The number of nitrogens with one attached hydrogen (secondary N) is 2. The number of aryl methyl sites for hydroxylation is 2. The van der Waals surface area contributed by atoms with Gasteiger partial charge >= 0.3 is 12.0 Å². The van der Waals surface area contributed by atoms with E-state index in [1.54, 1.807) is 0 Å². The molecule has 8 aliphatic heterocycles. The van der Waals surface area contributed by atoms with Crippen molar-refractivity contribution in [3.05, 3.63) is 89.6 Å². The van der Waals surface area contributed by atoms with E-state index < -0.39 is 0 Å². The molecule has 17 nitrogen and oxygen atoms in total. The second-order valence-electron chi connectivity index (χ2n) is 24.9. The summed E-state index contributed by atoms with van der Waals surface area (Å²) in [6.45, 7) is 11.9. The normalized spacial score (nSPS) is 26.1. The summed E-state index contributed by atoms with van der Waals surface area (Å²) in [5.74, 6) is 2.57. The number of benzene rings is 4. The number of nitrogens with zero attached hydrogens (tertiary/aromatic N) is 11. The van der Waals surface area contributed by atoms with Gasteiger partial charge in [-0.1, -0.05) is 30.3 Å². The van der Waals surface area contributed by atoms with E-state index in [1.165, 1.54) is 18.4 Å². The fourth-order valence-corrected chi connectivity index (χ4v) is 16.3. The third-order valence-corrected chi connectivity index (χ3v) is 20.0. The van der Waals surface area contributed by atoms with E-state index in [0.717, 1.165) is 182 Å². The zero-order valence-electron chi connectivity index (χ0n) is 45.8. The molecule has 17 heteroatoms. The second-order valence-corrected chi connectivity index (χ2v) is 24.9. The third kappa shape index (κ3) is 8.11. The highest BCUT2D eigenvalue weighted by atomic mass is 16.5. The van der Waals surface area contributed by atoms with Crippen molar-refractivity contribution in [3.63, 3.8) is 0 Å². The van der Waals surface area contributed by atoms with Crippen LogP contribution in [0.2, 0.25) is 0 Å². The van der Waals surface area contributed by atoms with Crippen LogP contribution in [-0.4, -0.2) is 149 Å². The van der Waals surface area contributed by atoms with Crippen LogP contribution in [0.1, 0.15) is 99.8 Å². The Morgan fingerprint density at radius 1 is 0.575 bits per heavy atom. The molecule has 12 heterocycles. The van der Waals surface area contributed by atoms with E-state index >= 15 is 0 Å². The summed E-state index contributed by atoms with van der Waals surface area (Å²) in [5.41, 5.74) is 6.70. The molecule has 8 fully saturated rings. The quantitative estimate of drug-likeness (QED) is 0.0960. The summed E-state index contributed by atoms with van der Waals surface area (Å²) in [4.78, 5) is 46.3. The van der Waals surface area contributed by atoms with Crippen LogP contribution in [0.25, 0.3) is 66.3 Å². The van der Waals surface area contributed by atoms with Crippen molar-refractivity contribution in [3.8, 4) is 46.2 Å². The van der Waals surface area contributed by atoms with Gasteiger partial charge in [0.25, 0.3) is 0 Å². The average molecular weight is 1070 g/mol. The zero-order valence-corrected chi connectivity index (χ0v) is 45.8. The van der Waals surface area contributed by atoms with Crippen LogP contribution < -0.4 is 29.9 Å². The molecule has 4 bridgehead atoms. The molecule has 8 aromatic rings. The summed E-state index contributed by atoms with van der Waals surface area (Å²) in [6, 6.07) is 24.6. The molecule has 0 amide bonds. The molecule has 4 aromatic heterocycles. The molecule has 80 heavy (non-hydrogen) atoms. The van der Waals surface area contributed by atoms with Gasteiger partial charge in [-0.2, -0.15) is 19.9 Å². The minimum Gasteiger partial charge on any atom is -0.508 e. The van der Waals surface area contributed by atoms with Crippen molar-refractivity contribution in [2.75, 3.05) is 68.8 Å². The number of hydrogen-bond donors (Lipinski definition) is 4. The highest BCUT2D eigenvalue weighted by Crippen LogP contribution is 2.52. The molecule has 410 valence electrons. The number of pyridine rings is 1. The van der Waals surface area contributed by atoms with Crippen molar-refractivity contribution in [1.29, 1.82) is 0 Å². The number of anilines is 2. The Balaban J connectivity index is 0.728. The molecule has 0 spiro atoms. The first-order valence-corrected chi connectivity index (χ1v) is 29.6. The molecule has 4 N–H and O–H groups in total. The van der Waals surface area contributed by atoms with Crippen LogP contribution in [0.4, 0.5) is 11.6 Å². The molecule has 6 unspecified atom stereocenters. The van der Waals surface area contributed by atoms with E-state index in [2.05, 4.69) is 68.3 Å².